The molecular weight excluding hydrogens is 120 g/mol. The Morgan fingerprint density at radius 2 is 2.10 bits per heavy atom. The minimum Gasteiger partial charge on any atom is -0.0998 e. The van der Waals surface area contributed by atoms with Gasteiger partial charge in [0.05, 0.1) is 0 Å². The summed E-state index contributed by atoms with van der Waals surface area (Å²) in [5.41, 5.74) is 1.24. The van der Waals surface area contributed by atoms with Crippen LogP contribution in [0.15, 0.2) is 24.3 Å². The summed E-state index contributed by atoms with van der Waals surface area (Å²) in [6, 6.07) is 0. The lowest BCUT2D eigenvalue weighted by atomic mass is 10.2. The van der Waals surface area contributed by atoms with Crippen molar-refractivity contribution >= 4 is 0 Å². The van der Waals surface area contributed by atoms with Crippen molar-refractivity contribution in [3.8, 4) is 0 Å². The molecule has 0 unspecified atom stereocenters. The lowest BCUT2D eigenvalue weighted by Gasteiger charge is -1.90. The second-order valence-electron chi connectivity index (χ2n) is 2.77. The molecule has 0 aromatic carbocycles. The first kappa shape index (κ1) is 9.48. The van der Waals surface area contributed by atoms with Gasteiger partial charge in [-0.05, 0) is 19.8 Å². The zero-order valence-electron chi connectivity index (χ0n) is 7.19. The van der Waals surface area contributed by atoms with Crippen molar-refractivity contribution in [3.05, 3.63) is 24.3 Å². The summed E-state index contributed by atoms with van der Waals surface area (Å²) in [7, 11) is 0. The molecule has 0 heteroatoms. The Balaban J connectivity index is 3.12. The highest BCUT2D eigenvalue weighted by Gasteiger charge is 1.79. The lowest BCUT2D eigenvalue weighted by molar-refractivity contribution is 0.813. The smallest absolute Gasteiger partial charge is 0.0144 e. The van der Waals surface area contributed by atoms with Gasteiger partial charge in [-0.25, -0.2) is 0 Å². The molecule has 0 aliphatic heterocycles. The third-order valence-electron chi connectivity index (χ3n) is 1.36. The molecule has 58 valence electrons. The third-order valence-corrected chi connectivity index (χ3v) is 1.36. The number of hydrogen-bond acceptors (Lipinski definition) is 0. The Kier molecular flexibility index (Phi) is 6.25. The first-order valence-corrected chi connectivity index (χ1v) is 4.06. The van der Waals surface area contributed by atoms with Gasteiger partial charge in [-0.1, -0.05) is 44.1 Å². The van der Waals surface area contributed by atoms with Crippen LogP contribution in [0.2, 0.25) is 0 Å². The van der Waals surface area contributed by atoms with Gasteiger partial charge in [0.25, 0.3) is 0 Å². The van der Waals surface area contributed by atoms with Crippen LogP contribution in [0.4, 0.5) is 0 Å². The van der Waals surface area contributed by atoms with Crippen LogP contribution in [0.5, 0.6) is 0 Å². The fraction of sp³-hybridized carbons (Fsp3) is 0.600. The maximum absolute atomic E-state index is 3.82. The van der Waals surface area contributed by atoms with E-state index < -0.39 is 0 Å². The van der Waals surface area contributed by atoms with E-state index in [9.17, 15) is 0 Å². The van der Waals surface area contributed by atoms with Crippen LogP contribution in [-0.4, -0.2) is 0 Å². The largest absolute Gasteiger partial charge is 0.0998 e. The Morgan fingerprint density at radius 3 is 2.60 bits per heavy atom. The van der Waals surface area contributed by atoms with Gasteiger partial charge < -0.3 is 0 Å². The van der Waals surface area contributed by atoms with Gasteiger partial charge >= 0.3 is 0 Å². The van der Waals surface area contributed by atoms with E-state index in [1.807, 2.05) is 0 Å². The zero-order chi connectivity index (χ0) is 7.82. The molecular formula is C10H18. The van der Waals surface area contributed by atoms with Gasteiger partial charge in [0, 0.05) is 0 Å². The SMILES string of the molecule is C=C(C)C/C=C/CCCC. The number of rotatable bonds is 5. The second-order valence-corrected chi connectivity index (χ2v) is 2.77. The highest BCUT2D eigenvalue weighted by molar-refractivity contribution is 4.98. The van der Waals surface area contributed by atoms with Gasteiger partial charge in [0.2, 0.25) is 0 Å². The minimum absolute atomic E-state index is 1.05. The van der Waals surface area contributed by atoms with Crippen molar-refractivity contribution in [2.24, 2.45) is 0 Å². The van der Waals surface area contributed by atoms with Crippen molar-refractivity contribution in [2.45, 2.75) is 39.5 Å². The van der Waals surface area contributed by atoms with E-state index in [4.69, 9.17) is 0 Å². The summed E-state index contributed by atoms with van der Waals surface area (Å²) in [4.78, 5) is 0. The van der Waals surface area contributed by atoms with Gasteiger partial charge in [0.1, 0.15) is 0 Å². The summed E-state index contributed by atoms with van der Waals surface area (Å²) in [6.07, 6.45) is 9.33. The Hall–Kier alpha value is -0.520. The highest BCUT2D eigenvalue weighted by atomic mass is 13.9. The lowest BCUT2D eigenvalue weighted by Crippen LogP contribution is -1.69. The predicted molar refractivity (Wildman–Crippen MR) is 48.1 cm³/mol. The molecule has 0 rings (SSSR count). The Bertz CT molecular complexity index is 109. The van der Waals surface area contributed by atoms with Crippen molar-refractivity contribution in [3.63, 3.8) is 0 Å². The molecule has 0 aliphatic carbocycles. The topological polar surface area (TPSA) is 0 Å². The van der Waals surface area contributed by atoms with E-state index >= 15 is 0 Å². The molecule has 0 nitrogen and oxygen atoms in total. The van der Waals surface area contributed by atoms with Crippen molar-refractivity contribution in [1.82, 2.24) is 0 Å². The molecule has 0 radical (unpaired) electrons. The van der Waals surface area contributed by atoms with E-state index in [1.54, 1.807) is 0 Å². The molecule has 0 atom stereocenters. The fourth-order valence-electron chi connectivity index (χ4n) is 0.724. The Labute approximate surface area is 64.6 Å². The summed E-state index contributed by atoms with van der Waals surface area (Å²) in [5, 5.41) is 0. The molecule has 0 aromatic rings. The first-order chi connectivity index (χ1) is 4.77. The maximum atomic E-state index is 3.82. The number of allylic oxidation sites excluding steroid dienone is 3. The second kappa shape index (κ2) is 6.60. The standard InChI is InChI=1S/C10H18/c1-4-5-6-7-8-9-10(2)3/h7-8H,2,4-6,9H2,1,3H3/b8-7+. The van der Waals surface area contributed by atoms with Crippen molar-refractivity contribution in [1.29, 1.82) is 0 Å². The van der Waals surface area contributed by atoms with E-state index in [1.165, 1.54) is 24.8 Å². The fourth-order valence-corrected chi connectivity index (χ4v) is 0.724. The average Bonchev–Trinajstić information content (AvgIpc) is 1.87. The molecule has 0 aromatic heterocycles. The molecule has 0 aliphatic rings. The van der Waals surface area contributed by atoms with Gasteiger partial charge in [-0.15, -0.1) is 0 Å². The van der Waals surface area contributed by atoms with Crippen LogP contribution in [0.1, 0.15) is 39.5 Å². The molecule has 0 amide bonds. The van der Waals surface area contributed by atoms with E-state index in [0.29, 0.717) is 0 Å². The monoisotopic (exact) mass is 138 g/mol. The quantitative estimate of drug-likeness (QED) is 0.401. The molecule has 0 fully saturated rings. The molecule has 0 bridgehead atoms. The summed E-state index contributed by atoms with van der Waals surface area (Å²) >= 11 is 0. The van der Waals surface area contributed by atoms with Crippen molar-refractivity contribution < 1.29 is 0 Å². The van der Waals surface area contributed by atoms with Gasteiger partial charge in [-0.3, -0.25) is 0 Å². The summed E-state index contributed by atoms with van der Waals surface area (Å²) < 4.78 is 0. The van der Waals surface area contributed by atoms with Crippen LogP contribution in [0, 0.1) is 0 Å². The number of unbranched alkanes of at least 4 members (excludes halogenated alkanes) is 2. The molecule has 0 saturated heterocycles. The normalized spacial score (nSPS) is 10.6. The van der Waals surface area contributed by atoms with Crippen molar-refractivity contribution in [2.75, 3.05) is 0 Å². The average molecular weight is 138 g/mol. The van der Waals surface area contributed by atoms with Crippen LogP contribution < -0.4 is 0 Å². The van der Waals surface area contributed by atoms with Gasteiger partial charge in [-0.2, -0.15) is 0 Å². The first-order valence-electron chi connectivity index (χ1n) is 4.06. The van der Waals surface area contributed by atoms with Gasteiger partial charge in [0.15, 0.2) is 0 Å². The molecule has 0 N–H and O–H groups in total. The highest BCUT2D eigenvalue weighted by Crippen LogP contribution is 1.99. The van der Waals surface area contributed by atoms with E-state index in [-0.39, 0.29) is 0 Å². The minimum atomic E-state index is 1.05. The van der Waals surface area contributed by atoms with Crippen LogP contribution in [-0.2, 0) is 0 Å². The van der Waals surface area contributed by atoms with E-state index in [0.717, 1.165) is 6.42 Å². The molecule has 10 heavy (non-hydrogen) atoms. The summed E-state index contributed by atoms with van der Waals surface area (Å²) in [5.74, 6) is 0. The third kappa shape index (κ3) is 7.48. The number of hydrogen-bond donors (Lipinski definition) is 0. The molecule has 0 saturated carbocycles. The molecule has 0 heterocycles. The maximum Gasteiger partial charge on any atom is -0.0144 e. The van der Waals surface area contributed by atoms with Crippen LogP contribution in [0.25, 0.3) is 0 Å². The Morgan fingerprint density at radius 1 is 1.40 bits per heavy atom. The van der Waals surface area contributed by atoms with E-state index in [2.05, 4.69) is 32.6 Å². The van der Waals surface area contributed by atoms with Crippen LogP contribution >= 0.6 is 0 Å². The zero-order valence-corrected chi connectivity index (χ0v) is 7.19. The predicted octanol–water partition coefficient (Wildman–Crippen LogP) is 3.70. The molecule has 0 spiro atoms. The van der Waals surface area contributed by atoms with Crippen LogP contribution in [0.3, 0.4) is 0 Å². The summed E-state index contributed by atoms with van der Waals surface area (Å²) in [6.45, 7) is 8.10.